The lowest BCUT2D eigenvalue weighted by atomic mass is 10.1. The standard InChI is InChI=1S/C15H25NO4S/c1-4-5-6-9-21(17,18)15-11-13(19-2)12(7-8-16)10-14(15)20-3/h10-11H,4-9,16H2,1-3H3. The van der Waals surface area contributed by atoms with Gasteiger partial charge >= 0.3 is 0 Å². The van der Waals surface area contributed by atoms with Crippen LogP contribution in [0.15, 0.2) is 17.0 Å². The van der Waals surface area contributed by atoms with E-state index in [-0.39, 0.29) is 10.6 Å². The van der Waals surface area contributed by atoms with E-state index in [1.165, 1.54) is 14.2 Å². The zero-order valence-corrected chi connectivity index (χ0v) is 13.8. The van der Waals surface area contributed by atoms with Crippen LogP contribution in [0.25, 0.3) is 0 Å². The highest BCUT2D eigenvalue weighted by Crippen LogP contribution is 2.33. The second kappa shape index (κ2) is 8.24. The van der Waals surface area contributed by atoms with Crippen LogP contribution in [-0.4, -0.2) is 34.9 Å². The normalized spacial score (nSPS) is 11.4. The number of hydrogen-bond acceptors (Lipinski definition) is 5. The maximum Gasteiger partial charge on any atom is 0.182 e. The van der Waals surface area contributed by atoms with E-state index in [2.05, 4.69) is 0 Å². The zero-order valence-electron chi connectivity index (χ0n) is 13.0. The molecule has 120 valence electrons. The molecule has 0 aliphatic heterocycles. The maximum atomic E-state index is 12.5. The molecule has 0 radical (unpaired) electrons. The Morgan fingerprint density at radius 1 is 1.10 bits per heavy atom. The molecule has 0 amide bonds. The molecule has 6 heteroatoms. The van der Waals surface area contributed by atoms with Crippen molar-refractivity contribution < 1.29 is 17.9 Å². The smallest absolute Gasteiger partial charge is 0.182 e. The summed E-state index contributed by atoms with van der Waals surface area (Å²) >= 11 is 0. The molecule has 0 aliphatic rings. The van der Waals surface area contributed by atoms with Crippen LogP contribution in [0.3, 0.4) is 0 Å². The lowest BCUT2D eigenvalue weighted by Gasteiger charge is -2.15. The summed E-state index contributed by atoms with van der Waals surface area (Å²) in [5, 5.41) is 0. The molecule has 0 unspecified atom stereocenters. The van der Waals surface area contributed by atoms with E-state index in [0.29, 0.717) is 30.9 Å². The third kappa shape index (κ3) is 4.61. The van der Waals surface area contributed by atoms with E-state index in [9.17, 15) is 8.42 Å². The Labute approximate surface area is 127 Å². The average molecular weight is 315 g/mol. The Bertz CT molecular complexity index is 555. The zero-order chi connectivity index (χ0) is 15.9. The summed E-state index contributed by atoms with van der Waals surface area (Å²) in [6.07, 6.45) is 3.12. The SMILES string of the molecule is CCCCCS(=O)(=O)c1cc(OC)c(CCN)cc1OC. The fourth-order valence-electron chi connectivity index (χ4n) is 2.18. The first-order chi connectivity index (χ1) is 10.00. The van der Waals surface area contributed by atoms with E-state index in [4.69, 9.17) is 15.2 Å². The molecule has 0 aliphatic carbocycles. The molecule has 21 heavy (non-hydrogen) atoms. The predicted octanol–water partition coefficient (Wildman–Crippen LogP) is 2.17. The Hall–Kier alpha value is -1.27. The molecule has 1 rings (SSSR count). The van der Waals surface area contributed by atoms with Gasteiger partial charge < -0.3 is 15.2 Å². The molecule has 0 saturated carbocycles. The molecule has 0 bridgehead atoms. The van der Waals surface area contributed by atoms with E-state index >= 15 is 0 Å². The van der Waals surface area contributed by atoms with Crippen LogP contribution in [-0.2, 0) is 16.3 Å². The molecule has 1 aromatic carbocycles. The molecule has 0 aromatic heterocycles. The first-order valence-corrected chi connectivity index (χ1v) is 8.83. The Morgan fingerprint density at radius 3 is 2.29 bits per heavy atom. The highest BCUT2D eigenvalue weighted by atomic mass is 32.2. The monoisotopic (exact) mass is 315 g/mol. The van der Waals surface area contributed by atoms with E-state index in [1.54, 1.807) is 12.1 Å². The quantitative estimate of drug-likeness (QED) is 0.707. The third-order valence-corrected chi connectivity index (χ3v) is 5.15. The van der Waals surface area contributed by atoms with Crippen molar-refractivity contribution in [3.63, 3.8) is 0 Å². The summed E-state index contributed by atoms with van der Waals surface area (Å²) in [7, 11) is -0.381. The van der Waals surface area contributed by atoms with Crippen LogP contribution < -0.4 is 15.2 Å². The molecule has 0 heterocycles. The predicted molar refractivity (Wildman–Crippen MR) is 83.9 cm³/mol. The summed E-state index contributed by atoms with van der Waals surface area (Å²) in [5.41, 5.74) is 6.42. The summed E-state index contributed by atoms with van der Waals surface area (Å²) < 4.78 is 35.5. The van der Waals surface area contributed by atoms with Gasteiger partial charge in [0.05, 0.1) is 20.0 Å². The van der Waals surface area contributed by atoms with Gasteiger partial charge in [0, 0.05) is 6.07 Å². The van der Waals surface area contributed by atoms with Crippen LogP contribution in [0.5, 0.6) is 11.5 Å². The van der Waals surface area contributed by atoms with Gasteiger partial charge in [-0.2, -0.15) is 0 Å². The molecule has 0 spiro atoms. The second-order valence-corrected chi connectivity index (χ2v) is 6.96. The highest BCUT2D eigenvalue weighted by Gasteiger charge is 2.22. The summed E-state index contributed by atoms with van der Waals surface area (Å²) in [5.74, 6) is 1.02. The summed E-state index contributed by atoms with van der Waals surface area (Å²) in [6.45, 7) is 2.50. The van der Waals surface area contributed by atoms with Gasteiger partial charge in [-0.1, -0.05) is 19.8 Å². The van der Waals surface area contributed by atoms with Crippen LogP contribution in [0.2, 0.25) is 0 Å². The molecular weight excluding hydrogens is 290 g/mol. The lowest BCUT2D eigenvalue weighted by Crippen LogP contribution is -2.11. The first-order valence-electron chi connectivity index (χ1n) is 7.17. The van der Waals surface area contributed by atoms with Gasteiger partial charge in [0.25, 0.3) is 0 Å². The van der Waals surface area contributed by atoms with E-state index in [0.717, 1.165) is 18.4 Å². The number of benzene rings is 1. The number of hydrogen-bond donors (Lipinski definition) is 1. The Balaban J connectivity index is 3.21. The molecule has 2 N–H and O–H groups in total. The highest BCUT2D eigenvalue weighted by molar-refractivity contribution is 7.91. The molecule has 0 saturated heterocycles. The minimum atomic E-state index is -3.38. The number of nitrogens with two attached hydrogens (primary N) is 1. The summed E-state index contributed by atoms with van der Waals surface area (Å²) in [6, 6.07) is 3.25. The minimum absolute atomic E-state index is 0.122. The number of methoxy groups -OCH3 is 2. The van der Waals surface area contributed by atoms with Crippen molar-refractivity contribution in [2.45, 2.75) is 37.5 Å². The van der Waals surface area contributed by atoms with Gasteiger partial charge in [0.2, 0.25) is 0 Å². The van der Waals surface area contributed by atoms with Crippen LogP contribution in [0, 0.1) is 0 Å². The fraction of sp³-hybridized carbons (Fsp3) is 0.600. The van der Waals surface area contributed by atoms with Crippen molar-refractivity contribution >= 4 is 9.84 Å². The number of sulfone groups is 1. The Kier molecular flexibility index (Phi) is 6.98. The van der Waals surface area contributed by atoms with Crippen molar-refractivity contribution in [1.29, 1.82) is 0 Å². The largest absolute Gasteiger partial charge is 0.496 e. The molecule has 0 fully saturated rings. The third-order valence-electron chi connectivity index (χ3n) is 3.33. The van der Waals surface area contributed by atoms with E-state index < -0.39 is 9.84 Å². The molecule has 5 nitrogen and oxygen atoms in total. The molecule has 0 atom stereocenters. The van der Waals surface area contributed by atoms with Gasteiger partial charge in [-0.25, -0.2) is 8.42 Å². The van der Waals surface area contributed by atoms with Crippen LogP contribution >= 0.6 is 0 Å². The lowest BCUT2D eigenvalue weighted by molar-refractivity contribution is 0.388. The van der Waals surface area contributed by atoms with Gasteiger partial charge in [0.1, 0.15) is 16.4 Å². The van der Waals surface area contributed by atoms with Crippen LogP contribution in [0.4, 0.5) is 0 Å². The minimum Gasteiger partial charge on any atom is -0.496 e. The van der Waals surface area contributed by atoms with Gasteiger partial charge in [-0.05, 0) is 31.0 Å². The first kappa shape index (κ1) is 17.8. The number of ether oxygens (including phenoxy) is 2. The molecule has 1 aromatic rings. The van der Waals surface area contributed by atoms with Gasteiger partial charge in [-0.3, -0.25) is 0 Å². The van der Waals surface area contributed by atoms with E-state index in [1.807, 2.05) is 6.92 Å². The Morgan fingerprint density at radius 2 is 1.76 bits per heavy atom. The van der Waals surface area contributed by atoms with Crippen LogP contribution in [0.1, 0.15) is 31.7 Å². The number of rotatable bonds is 9. The van der Waals surface area contributed by atoms with Crippen molar-refractivity contribution in [3.8, 4) is 11.5 Å². The number of unbranched alkanes of at least 4 members (excludes halogenated alkanes) is 2. The topological polar surface area (TPSA) is 78.6 Å². The maximum absolute atomic E-state index is 12.5. The van der Waals surface area contributed by atoms with Crippen molar-refractivity contribution in [3.05, 3.63) is 17.7 Å². The second-order valence-electron chi connectivity index (χ2n) is 4.88. The van der Waals surface area contributed by atoms with Crippen molar-refractivity contribution in [2.75, 3.05) is 26.5 Å². The van der Waals surface area contributed by atoms with Gasteiger partial charge in [-0.15, -0.1) is 0 Å². The van der Waals surface area contributed by atoms with Crippen molar-refractivity contribution in [2.24, 2.45) is 5.73 Å². The molecular formula is C15H25NO4S. The van der Waals surface area contributed by atoms with Gasteiger partial charge in [0.15, 0.2) is 9.84 Å². The average Bonchev–Trinajstić information content (AvgIpc) is 2.47. The fourth-order valence-corrected chi connectivity index (χ4v) is 3.72. The van der Waals surface area contributed by atoms with Crippen molar-refractivity contribution in [1.82, 2.24) is 0 Å². The summed E-state index contributed by atoms with van der Waals surface area (Å²) in [4.78, 5) is 0.193.